The first kappa shape index (κ1) is 18.7. The average Bonchev–Trinajstić information content (AvgIpc) is 2.89. The van der Waals surface area contributed by atoms with Gasteiger partial charge in [0.25, 0.3) is 0 Å². The lowest BCUT2D eigenvalue weighted by Crippen LogP contribution is -2.09. The van der Waals surface area contributed by atoms with Gasteiger partial charge in [0.05, 0.1) is 5.57 Å². The van der Waals surface area contributed by atoms with Crippen molar-refractivity contribution in [1.29, 1.82) is 0 Å². The molecule has 0 aliphatic carbocycles. The third-order valence-corrected chi connectivity index (χ3v) is 4.47. The molecule has 0 saturated carbocycles. The van der Waals surface area contributed by atoms with E-state index in [1.165, 1.54) is 12.1 Å². The van der Waals surface area contributed by atoms with Crippen molar-refractivity contribution in [3.8, 4) is 11.5 Å². The van der Waals surface area contributed by atoms with Crippen LogP contribution in [0, 0.1) is 0 Å². The lowest BCUT2D eigenvalue weighted by atomic mass is 9.94. The van der Waals surface area contributed by atoms with Gasteiger partial charge in [-0.15, -0.1) is 0 Å². The van der Waals surface area contributed by atoms with E-state index in [0.29, 0.717) is 23.1 Å². The summed E-state index contributed by atoms with van der Waals surface area (Å²) in [6.07, 6.45) is 1.56. The highest BCUT2D eigenvalue weighted by molar-refractivity contribution is 6.02. The van der Waals surface area contributed by atoms with Crippen molar-refractivity contribution in [2.75, 3.05) is 0 Å². The summed E-state index contributed by atoms with van der Waals surface area (Å²) < 4.78 is 5.00. The summed E-state index contributed by atoms with van der Waals surface area (Å²) in [6, 6.07) is 11.5. The largest absolute Gasteiger partial charge is 0.508 e. The van der Waals surface area contributed by atoms with Crippen LogP contribution >= 0.6 is 0 Å². The number of benzene rings is 2. The molecule has 1 heterocycles. The molecule has 1 unspecified atom stereocenters. The normalized spacial score (nSPS) is 16.4. The van der Waals surface area contributed by atoms with E-state index >= 15 is 0 Å². The van der Waals surface area contributed by atoms with Crippen molar-refractivity contribution >= 4 is 11.5 Å². The zero-order valence-electron chi connectivity index (χ0n) is 15.3. The number of hydrogen-bond donors (Lipinski definition) is 3. The van der Waals surface area contributed by atoms with Gasteiger partial charge in [-0.2, -0.15) is 0 Å². The van der Waals surface area contributed by atoms with Gasteiger partial charge in [-0.05, 0) is 55.2 Å². The molecule has 2 aromatic rings. The maximum absolute atomic E-state index is 12.3. The molecule has 5 nitrogen and oxygen atoms in total. The summed E-state index contributed by atoms with van der Waals surface area (Å²) in [6.45, 7) is 3.98. The summed E-state index contributed by atoms with van der Waals surface area (Å²) in [4.78, 5) is 12.3. The Morgan fingerprint density at radius 3 is 2.48 bits per heavy atom. The highest BCUT2D eigenvalue weighted by Gasteiger charge is 2.33. The van der Waals surface area contributed by atoms with E-state index in [0.717, 1.165) is 16.7 Å². The van der Waals surface area contributed by atoms with E-state index in [4.69, 9.17) is 4.74 Å². The highest BCUT2D eigenvalue weighted by Crippen LogP contribution is 2.33. The van der Waals surface area contributed by atoms with Gasteiger partial charge in [-0.1, -0.05) is 35.9 Å². The van der Waals surface area contributed by atoms with Crippen molar-refractivity contribution in [2.24, 2.45) is 0 Å². The quantitative estimate of drug-likeness (QED) is 0.557. The molecule has 3 N–H and O–H groups in total. The summed E-state index contributed by atoms with van der Waals surface area (Å²) in [5.74, 6) is -0.259. The molecular formula is C22H22O5. The molecule has 0 spiro atoms. The van der Waals surface area contributed by atoms with Gasteiger partial charge in [-0.3, -0.25) is 0 Å². The predicted octanol–water partition coefficient (Wildman–Crippen LogP) is 3.48. The van der Waals surface area contributed by atoms with Crippen molar-refractivity contribution in [3.05, 3.63) is 76.4 Å². The van der Waals surface area contributed by atoms with E-state index in [2.05, 4.69) is 0 Å². The fourth-order valence-corrected chi connectivity index (χ4v) is 3.05. The van der Waals surface area contributed by atoms with Crippen LogP contribution in [0.3, 0.4) is 0 Å². The number of cyclic esters (lactones) is 1. The number of aliphatic hydroxyl groups excluding tert-OH is 1. The number of carbonyl (C=O) groups excluding carboxylic acids is 1. The predicted molar refractivity (Wildman–Crippen MR) is 102 cm³/mol. The molecule has 3 rings (SSSR count). The fourth-order valence-electron chi connectivity index (χ4n) is 3.05. The molecule has 1 aliphatic heterocycles. The van der Waals surface area contributed by atoms with Crippen LogP contribution in [0.15, 0.2) is 59.7 Å². The Kier molecular flexibility index (Phi) is 5.33. The highest BCUT2D eigenvalue weighted by atomic mass is 16.6. The number of aromatic hydroxyl groups is 2. The molecule has 140 valence electrons. The topological polar surface area (TPSA) is 87.0 Å². The van der Waals surface area contributed by atoms with Crippen LogP contribution in [0.2, 0.25) is 0 Å². The second kappa shape index (κ2) is 7.68. The number of ether oxygens (including phenoxy) is 1. The molecule has 1 atom stereocenters. The lowest BCUT2D eigenvalue weighted by molar-refractivity contribution is -0.150. The average molecular weight is 366 g/mol. The molecule has 0 saturated heterocycles. The lowest BCUT2D eigenvalue weighted by Gasteiger charge is -2.09. The van der Waals surface area contributed by atoms with Gasteiger partial charge in [0.15, 0.2) is 0 Å². The van der Waals surface area contributed by atoms with Gasteiger partial charge < -0.3 is 20.1 Å². The van der Waals surface area contributed by atoms with Crippen LogP contribution in [-0.4, -0.2) is 27.6 Å². The number of phenols is 2. The minimum Gasteiger partial charge on any atom is -0.508 e. The van der Waals surface area contributed by atoms with Crippen LogP contribution in [0.25, 0.3) is 5.57 Å². The van der Waals surface area contributed by atoms with Gasteiger partial charge >= 0.3 is 5.97 Å². The fraction of sp³-hybridized carbons (Fsp3) is 0.227. The summed E-state index contributed by atoms with van der Waals surface area (Å²) in [7, 11) is 0. The first-order chi connectivity index (χ1) is 12.8. The number of phenolic OH excluding ortho intramolecular Hbond substituents is 2. The molecule has 0 amide bonds. The maximum atomic E-state index is 12.3. The van der Waals surface area contributed by atoms with E-state index in [1.807, 2.05) is 26.0 Å². The third-order valence-electron chi connectivity index (χ3n) is 4.47. The first-order valence-corrected chi connectivity index (χ1v) is 8.71. The minimum absolute atomic E-state index is 0.100. The number of esters is 1. The Morgan fingerprint density at radius 2 is 1.81 bits per heavy atom. The second-order valence-corrected chi connectivity index (χ2v) is 6.82. The van der Waals surface area contributed by atoms with Crippen molar-refractivity contribution in [1.82, 2.24) is 0 Å². The Labute approximate surface area is 157 Å². The molecule has 0 bridgehead atoms. The van der Waals surface area contributed by atoms with E-state index in [9.17, 15) is 20.1 Å². The zero-order valence-corrected chi connectivity index (χ0v) is 15.3. The SMILES string of the molecule is CC(C)=CCc1cc(CC2=C(c3ccc(O)cc3)C(O)OC2=O)ccc1O. The molecule has 0 fully saturated rings. The molecular weight excluding hydrogens is 344 g/mol. The molecule has 5 heteroatoms. The van der Waals surface area contributed by atoms with E-state index in [1.54, 1.807) is 24.3 Å². The Bertz CT molecular complexity index is 918. The zero-order chi connectivity index (χ0) is 19.6. The first-order valence-electron chi connectivity index (χ1n) is 8.71. The Balaban J connectivity index is 1.96. The summed E-state index contributed by atoms with van der Waals surface area (Å²) in [5, 5.41) is 29.7. The maximum Gasteiger partial charge on any atom is 0.337 e. The van der Waals surface area contributed by atoms with Gasteiger partial charge in [0.2, 0.25) is 6.29 Å². The number of allylic oxidation sites excluding steroid dienone is 2. The van der Waals surface area contributed by atoms with Crippen molar-refractivity contribution in [2.45, 2.75) is 33.0 Å². The van der Waals surface area contributed by atoms with Gasteiger partial charge in [0, 0.05) is 12.0 Å². The minimum atomic E-state index is -1.33. The Hall–Kier alpha value is -3.05. The van der Waals surface area contributed by atoms with E-state index < -0.39 is 12.3 Å². The van der Waals surface area contributed by atoms with Crippen LogP contribution in [-0.2, 0) is 22.4 Å². The smallest absolute Gasteiger partial charge is 0.337 e. The standard InChI is InChI=1S/C22H22O5/c1-13(2)3-5-16-11-14(4-10-19(16)24)12-18-20(22(26)27-21(18)25)15-6-8-17(23)9-7-15/h3-4,6-11,22-24,26H,5,12H2,1-2H3. The number of rotatable bonds is 5. The molecule has 2 aromatic carbocycles. The number of aliphatic hydroxyl groups is 1. The summed E-state index contributed by atoms with van der Waals surface area (Å²) >= 11 is 0. The van der Waals surface area contributed by atoms with Gasteiger partial charge in [0.1, 0.15) is 11.5 Å². The van der Waals surface area contributed by atoms with Gasteiger partial charge in [-0.25, -0.2) is 4.79 Å². The second-order valence-electron chi connectivity index (χ2n) is 6.82. The van der Waals surface area contributed by atoms with Crippen LogP contribution < -0.4 is 0 Å². The van der Waals surface area contributed by atoms with Crippen LogP contribution in [0.1, 0.15) is 30.5 Å². The van der Waals surface area contributed by atoms with Crippen molar-refractivity contribution in [3.63, 3.8) is 0 Å². The van der Waals surface area contributed by atoms with E-state index in [-0.39, 0.29) is 17.9 Å². The van der Waals surface area contributed by atoms with Crippen molar-refractivity contribution < 1.29 is 24.9 Å². The third kappa shape index (κ3) is 4.20. The number of carbonyl (C=O) groups is 1. The molecule has 27 heavy (non-hydrogen) atoms. The summed E-state index contributed by atoms with van der Waals surface area (Å²) in [5.41, 5.74) is 4.14. The molecule has 1 aliphatic rings. The monoisotopic (exact) mass is 366 g/mol. The van der Waals surface area contributed by atoms with Crippen LogP contribution in [0.4, 0.5) is 0 Å². The molecule has 0 aromatic heterocycles. The van der Waals surface area contributed by atoms with Crippen LogP contribution in [0.5, 0.6) is 11.5 Å². The molecule has 0 radical (unpaired) electrons. The number of hydrogen-bond acceptors (Lipinski definition) is 5. The Morgan fingerprint density at radius 1 is 1.11 bits per heavy atom.